The standard InChI is InChI=1S/C19H18N2O4/c1-19(2)17(22)16(14-10-12(11-20)8-9-15(14)25-19)21-18(23)24-13-6-4-3-5-7-13/h3-10,16-17,22H,1-2H3,(H,21,23). The summed E-state index contributed by atoms with van der Waals surface area (Å²) in [6.07, 6.45) is -1.71. The Kier molecular flexibility index (Phi) is 4.34. The fourth-order valence-electron chi connectivity index (χ4n) is 2.78. The van der Waals surface area contributed by atoms with Gasteiger partial charge < -0.3 is 19.9 Å². The van der Waals surface area contributed by atoms with Crippen LogP contribution in [0.2, 0.25) is 0 Å². The van der Waals surface area contributed by atoms with Gasteiger partial charge in [-0.3, -0.25) is 0 Å². The van der Waals surface area contributed by atoms with E-state index in [0.717, 1.165) is 0 Å². The van der Waals surface area contributed by atoms with E-state index in [0.29, 0.717) is 22.6 Å². The Bertz CT molecular complexity index is 827. The van der Waals surface area contributed by atoms with Crippen LogP contribution in [0.4, 0.5) is 4.79 Å². The number of nitrogens with zero attached hydrogens (tertiary/aromatic N) is 1. The van der Waals surface area contributed by atoms with Gasteiger partial charge in [0.1, 0.15) is 23.2 Å². The second-order valence-corrected chi connectivity index (χ2v) is 6.34. The van der Waals surface area contributed by atoms with Crippen molar-refractivity contribution in [1.82, 2.24) is 5.32 Å². The molecule has 2 aromatic rings. The lowest BCUT2D eigenvalue weighted by Crippen LogP contribution is -2.53. The molecule has 6 nitrogen and oxygen atoms in total. The van der Waals surface area contributed by atoms with Gasteiger partial charge in [-0.2, -0.15) is 5.26 Å². The third-order valence-electron chi connectivity index (χ3n) is 4.10. The number of hydrogen-bond donors (Lipinski definition) is 2. The van der Waals surface area contributed by atoms with E-state index in [1.54, 1.807) is 56.3 Å². The van der Waals surface area contributed by atoms with Crippen LogP contribution in [0, 0.1) is 11.3 Å². The van der Waals surface area contributed by atoms with Crippen LogP contribution < -0.4 is 14.8 Å². The van der Waals surface area contributed by atoms with E-state index in [1.807, 2.05) is 12.1 Å². The average molecular weight is 338 g/mol. The molecular formula is C19H18N2O4. The zero-order chi connectivity index (χ0) is 18.0. The monoisotopic (exact) mass is 338 g/mol. The molecule has 0 aliphatic carbocycles. The summed E-state index contributed by atoms with van der Waals surface area (Å²) in [6, 6.07) is 14.8. The molecule has 2 N–H and O–H groups in total. The Morgan fingerprint density at radius 1 is 1.28 bits per heavy atom. The summed E-state index contributed by atoms with van der Waals surface area (Å²) < 4.78 is 11.0. The molecule has 128 valence electrons. The Balaban J connectivity index is 1.88. The third-order valence-corrected chi connectivity index (χ3v) is 4.10. The number of amides is 1. The number of nitriles is 1. The average Bonchev–Trinajstić information content (AvgIpc) is 2.59. The van der Waals surface area contributed by atoms with Gasteiger partial charge >= 0.3 is 6.09 Å². The van der Waals surface area contributed by atoms with E-state index in [2.05, 4.69) is 5.32 Å². The number of rotatable bonds is 2. The van der Waals surface area contributed by atoms with E-state index >= 15 is 0 Å². The first kappa shape index (κ1) is 16.8. The Morgan fingerprint density at radius 2 is 2.00 bits per heavy atom. The molecule has 0 aromatic heterocycles. The fourth-order valence-corrected chi connectivity index (χ4v) is 2.78. The highest BCUT2D eigenvalue weighted by atomic mass is 16.6. The number of carbonyl (C=O) groups excluding carboxylic acids is 1. The molecule has 3 rings (SSSR count). The van der Waals surface area contributed by atoms with E-state index in [9.17, 15) is 9.90 Å². The maximum absolute atomic E-state index is 12.3. The molecule has 6 heteroatoms. The zero-order valence-electron chi connectivity index (χ0n) is 13.9. The number of benzene rings is 2. The van der Waals surface area contributed by atoms with Gasteiger partial charge in [-0.15, -0.1) is 0 Å². The van der Waals surface area contributed by atoms with E-state index < -0.39 is 23.8 Å². The smallest absolute Gasteiger partial charge is 0.413 e. The third kappa shape index (κ3) is 3.42. The summed E-state index contributed by atoms with van der Waals surface area (Å²) in [6.45, 7) is 3.46. The maximum Gasteiger partial charge on any atom is 0.413 e. The van der Waals surface area contributed by atoms with E-state index in [-0.39, 0.29) is 0 Å². The number of fused-ring (bicyclic) bond motifs is 1. The van der Waals surface area contributed by atoms with Crippen LogP contribution in [0.1, 0.15) is 31.0 Å². The molecule has 2 atom stereocenters. The Morgan fingerprint density at radius 3 is 2.68 bits per heavy atom. The lowest BCUT2D eigenvalue weighted by atomic mass is 9.86. The number of nitrogens with one attached hydrogen (secondary N) is 1. The van der Waals surface area contributed by atoms with Gasteiger partial charge in [-0.25, -0.2) is 4.79 Å². The molecule has 0 radical (unpaired) electrons. The molecule has 0 fully saturated rings. The van der Waals surface area contributed by atoms with Gasteiger partial charge in [0.15, 0.2) is 0 Å². The molecule has 1 amide bonds. The SMILES string of the molecule is CC1(C)Oc2ccc(C#N)cc2C(NC(=O)Oc2ccccc2)C1O. The van der Waals surface area contributed by atoms with Crippen LogP contribution in [0.25, 0.3) is 0 Å². The number of aliphatic hydroxyl groups is 1. The van der Waals surface area contributed by atoms with Gasteiger partial charge in [0.05, 0.1) is 17.7 Å². The van der Waals surface area contributed by atoms with Crippen LogP contribution in [-0.2, 0) is 0 Å². The second-order valence-electron chi connectivity index (χ2n) is 6.34. The predicted molar refractivity (Wildman–Crippen MR) is 90.2 cm³/mol. The maximum atomic E-state index is 12.3. The van der Waals surface area contributed by atoms with Crippen molar-refractivity contribution < 1.29 is 19.4 Å². The molecule has 0 bridgehead atoms. The number of ether oxygens (including phenoxy) is 2. The van der Waals surface area contributed by atoms with E-state index in [1.165, 1.54) is 0 Å². The van der Waals surface area contributed by atoms with Crippen molar-refractivity contribution >= 4 is 6.09 Å². The molecular weight excluding hydrogens is 320 g/mol. The van der Waals surface area contributed by atoms with Gasteiger partial charge in [-0.1, -0.05) is 18.2 Å². The summed E-state index contributed by atoms with van der Waals surface area (Å²) in [4.78, 5) is 12.3. The minimum atomic E-state index is -1.02. The molecule has 1 aliphatic rings. The second kappa shape index (κ2) is 6.46. The molecule has 0 spiro atoms. The minimum absolute atomic E-state index is 0.395. The highest BCUT2D eigenvalue weighted by molar-refractivity contribution is 5.71. The highest BCUT2D eigenvalue weighted by Crippen LogP contribution is 2.40. The Labute approximate surface area is 145 Å². The first-order valence-corrected chi connectivity index (χ1v) is 7.85. The molecule has 2 unspecified atom stereocenters. The number of para-hydroxylation sites is 1. The van der Waals surface area contributed by atoms with Crippen molar-refractivity contribution in [3.8, 4) is 17.6 Å². The van der Waals surface area contributed by atoms with Crippen LogP contribution in [0.15, 0.2) is 48.5 Å². The van der Waals surface area contributed by atoms with Gasteiger partial charge in [-0.05, 0) is 44.2 Å². The minimum Gasteiger partial charge on any atom is -0.485 e. The van der Waals surface area contributed by atoms with Gasteiger partial charge in [0.2, 0.25) is 0 Å². The summed E-state index contributed by atoms with van der Waals surface area (Å²) in [5.41, 5.74) is 0.0413. The topological polar surface area (TPSA) is 91.6 Å². The predicted octanol–water partition coefficient (Wildman–Crippen LogP) is 2.92. The van der Waals surface area contributed by atoms with Gasteiger partial charge in [0.25, 0.3) is 0 Å². The number of hydrogen-bond acceptors (Lipinski definition) is 5. The normalized spacial score (nSPS) is 20.6. The number of aliphatic hydroxyl groups excluding tert-OH is 1. The lowest BCUT2D eigenvalue weighted by Gasteiger charge is -2.42. The van der Waals surface area contributed by atoms with Gasteiger partial charge in [0, 0.05) is 5.56 Å². The van der Waals surface area contributed by atoms with Crippen molar-refractivity contribution in [2.45, 2.75) is 31.6 Å². The quantitative estimate of drug-likeness (QED) is 0.878. The first-order chi connectivity index (χ1) is 11.9. The molecule has 0 saturated heterocycles. The molecule has 25 heavy (non-hydrogen) atoms. The van der Waals surface area contributed by atoms with Crippen LogP contribution in [0.5, 0.6) is 11.5 Å². The van der Waals surface area contributed by atoms with Crippen LogP contribution >= 0.6 is 0 Å². The summed E-state index contributed by atoms with van der Waals surface area (Å²) in [5.74, 6) is 0.908. The van der Waals surface area contributed by atoms with E-state index in [4.69, 9.17) is 14.7 Å². The van der Waals surface area contributed by atoms with Crippen molar-refractivity contribution in [2.75, 3.05) is 0 Å². The molecule has 1 heterocycles. The van der Waals surface area contributed by atoms with Crippen LogP contribution in [-0.4, -0.2) is 22.9 Å². The van der Waals surface area contributed by atoms with Crippen molar-refractivity contribution in [1.29, 1.82) is 5.26 Å². The summed E-state index contributed by atoms with van der Waals surface area (Å²) >= 11 is 0. The van der Waals surface area contributed by atoms with Crippen molar-refractivity contribution in [3.05, 3.63) is 59.7 Å². The van der Waals surface area contributed by atoms with Crippen LogP contribution in [0.3, 0.4) is 0 Å². The fraction of sp³-hybridized carbons (Fsp3) is 0.263. The zero-order valence-corrected chi connectivity index (χ0v) is 13.9. The van der Waals surface area contributed by atoms with Crippen molar-refractivity contribution in [2.24, 2.45) is 0 Å². The molecule has 0 saturated carbocycles. The first-order valence-electron chi connectivity index (χ1n) is 7.85. The largest absolute Gasteiger partial charge is 0.485 e. The lowest BCUT2D eigenvalue weighted by molar-refractivity contribution is -0.0629. The summed E-state index contributed by atoms with van der Waals surface area (Å²) in [5, 5.41) is 22.4. The number of carbonyl (C=O) groups is 1. The Hall–Kier alpha value is -3.04. The molecule has 2 aromatic carbocycles. The summed E-state index contributed by atoms with van der Waals surface area (Å²) in [7, 11) is 0. The molecule has 1 aliphatic heterocycles. The highest BCUT2D eigenvalue weighted by Gasteiger charge is 2.44. The van der Waals surface area contributed by atoms with Crippen molar-refractivity contribution in [3.63, 3.8) is 0 Å².